The summed E-state index contributed by atoms with van der Waals surface area (Å²) in [5.41, 5.74) is 6.62. The summed E-state index contributed by atoms with van der Waals surface area (Å²) in [6.07, 6.45) is 2.07. The maximum Gasteiger partial charge on any atom is 0.183 e. The van der Waals surface area contributed by atoms with Crippen LogP contribution in [0.25, 0.3) is 5.65 Å². The number of rotatable bonds is 4. The number of fused-ring (bicyclic) bond motifs is 1. The van der Waals surface area contributed by atoms with Gasteiger partial charge in [-0.1, -0.05) is 35.9 Å². The van der Waals surface area contributed by atoms with Gasteiger partial charge in [-0.05, 0) is 38.5 Å². The first kappa shape index (κ1) is 15.8. The molecule has 0 fully saturated rings. The molecule has 0 saturated heterocycles. The van der Waals surface area contributed by atoms with Crippen molar-refractivity contribution in [2.75, 3.05) is 5.32 Å². The minimum atomic E-state index is -0.0113. The summed E-state index contributed by atoms with van der Waals surface area (Å²) in [6.45, 7) is 6.21. The molecular weight excluding hydrogens is 328 g/mol. The van der Waals surface area contributed by atoms with Crippen molar-refractivity contribution in [1.29, 1.82) is 0 Å². The van der Waals surface area contributed by atoms with Crippen molar-refractivity contribution in [2.24, 2.45) is 0 Å². The van der Waals surface area contributed by atoms with Crippen LogP contribution in [0.15, 0.2) is 54.0 Å². The summed E-state index contributed by atoms with van der Waals surface area (Å²) in [7, 11) is 0. The van der Waals surface area contributed by atoms with Gasteiger partial charge in [-0.15, -0.1) is 11.3 Å². The summed E-state index contributed by atoms with van der Waals surface area (Å²) in [5, 5.41) is 6.62. The molecule has 0 bridgehead atoms. The fraction of sp³-hybridized carbons (Fsp3) is 0.200. The second-order valence-corrected chi connectivity index (χ2v) is 7.15. The Balaban J connectivity index is 1.88. The third-order valence-corrected chi connectivity index (χ3v) is 5.18. The summed E-state index contributed by atoms with van der Waals surface area (Å²) < 4.78 is 2.16. The number of nitrogens with one attached hydrogen (secondary N) is 1. The average Bonchev–Trinajstić information content (AvgIpc) is 3.15. The van der Waals surface area contributed by atoms with Gasteiger partial charge in [-0.25, -0.2) is 9.97 Å². The summed E-state index contributed by atoms with van der Waals surface area (Å²) in [6, 6.07) is 14.7. The third kappa shape index (κ3) is 3.03. The van der Waals surface area contributed by atoms with Crippen LogP contribution in [0, 0.1) is 20.8 Å². The number of hydrogen-bond donors (Lipinski definition) is 1. The molecule has 4 rings (SSSR count). The van der Waals surface area contributed by atoms with Gasteiger partial charge in [0.15, 0.2) is 5.13 Å². The molecule has 1 atom stereocenters. The SMILES string of the molecule is Cc1cccc(C(Nc2nc(C)cs2)c2c(C)nc3ccccn23)c1. The van der Waals surface area contributed by atoms with Crippen molar-refractivity contribution in [3.05, 3.63) is 82.3 Å². The molecule has 0 aliphatic rings. The lowest BCUT2D eigenvalue weighted by atomic mass is 10.0. The smallest absolute Gasteiger partial charge is 0.183 e. The van der Waals surface area contributed by atoms with Gasteiger partial charge in [0, 0.05) is 11.6 Å². The molecule has 0 saturated carbocycles. The molecule has 1 aromatic carbocycles. The standard InChI is InChI=1S/C20H20N4S/c1-13-7-6-8-16(11-13)18(23-20-21-14(2)12-25-20)19-15(3)22-17-9-4-5-10-24(17)19/h4-12,18H,1-3H3,(H,21,23). The van der Waals surface area contributed by atoms with E-state index in [9.17, 15) is 0 Å². The van der Waals surface area contributed by atoms with E-state index in [0.717, 1.165) is 27.9 Å². The zero-order valence-electron chi connectivity index (χ0n) is 14.5. The van der Waals surface area contributed by atoms with Crippen LogP contribution in [-0.4, -0.2) is 14.4 Å². The van der Waals surface area contributed by atoms with Crippen LogP contribution >= 0.6 is 11.3 Å². The molecule has 126 valence electrons. The highest BCUT2D eigenvalue weighted by Gasteiger charge is 2.22. The molecule has 0 aliphatic carbocycles. The monoisotopic (exact) mass is 348 g/mol. The van der Waals surface area contributed by atoms with E-state index in [-0.39, 0.29) is 6.04 Å². The maximum absolute atomic E-state index is 4.73. The number of anilines is 1. The minimum absolute atomic E-state index is 0.0113. The Morgan fingerprint density at radius 1 is 1.04 bits per heavy atom. The Labute approximate surface area is 151 Å². The predicted molar refractivity (Wildman–Crippen MR) is 103 cm³/mol. The first-order chi connectivity index (χ1) is 12.1. The Morgan fingerprint density at radius 2 is 1.92 bits per heavy atom. The van der Waals surface area contributed by atoms with E-state index in [1.807, 2.05) is 25.1 Å². The Bertz CT molecular complexity index is 1030. The largest absolute Gasteiger partial charge is 0.349 e. The molecule has 0 aliphatic heterocycles. The van der Waals surface area contributed by atoms with Gasteiger partial charge in [0.05, 0.1) is 23.1 Å². The van der Waals surface area contributed by atoms with Crippen molar-refractivity contribution in [3.8, 4) is 0 Å². The Kier molecular flexibility index (Phi) is 4.01. The maximum atomic E-state index is 4.73. The summed E-state index contributed by atoms with van der Waals surface area (Å²) >= 11 is 1.63. The fourth-order valence-electron chi connectivity index (χ4n) is 3.18. The zero-order valence-corrected chi connectivity index (χ0v) is 15.3. The first-order valence-corrected chi connectivity index (χ1v) is 9.18. The molecule has 0 amide bonds. The quantitative estimate of drug-likeness (QED) is 0.569. The van der Waals surface area contributed by atoms with Crippen LogP contribution in [0.1, 0.15) is 34.3 Å². The molecule has 3 aromatic heterocycles. The van der Waals surface area contributed by atoms with E-state index in [2.05, 4.69) is 64.4 Å². The molecular formula is C20H20N4S. The van der Waals surface area contributed by atoms with E-state index in [4.69, 9.17) is 4.98 Å². The third-order valence-electron chi connectivity index (χ3n) is 4.29. The van der Waals surface area contributed by atoms with Crippen LogP contribution in [0.3, 0.4) is 0 Å². The van der Waals surface area contributed by atoms with Gasteiger partial charge in [0.25, 0.3) is 0 Å². The van der Waals surface area contributed by atoms with Crippen molar-refractivity contribution >= 4 is 22.1 Å². The molecule has 4 nitrogen and oxygen atoms in total. The number of aromatic nitrogens is 3. The molecule has 4 aromatic rings. The summed E-state index contributed by atoms with van der Waals surface area (Å²) in [4.78, 5) is 9.33. The number of imidazole rings is 1. The lowest BCUT2D eigenvalue weighted by molar-refractivity contribution is 0.852. The van der Waals surface area contributed by atoms with Crippen LogP contribution in [-0.2, 0) is 0 Å². The lowest BCUT2D eigenvalue weighted by Gasteiger charge is -2.20. The van der Waals surface area contributed by atoms with Crippen molar-refractivity contribution in [2.45, 2.75) is 26.8 Å². The molecule has 0 spiro atoms. The van der Waals surface area contributed by atoms with Crippen molar-refractivity contribution < 1.29 is 0 Å². The van der Waals surface area contributed by atoms with E-state index < -0.39 is 0 Å². The topological polar surface area (TPSA) is 42.2 Å². The molecule has 0 radical (unpaired) electrons. The van der Waals surface area contributed by atoms with Crippen LogP contribution in [0.5, 0.6) is 0 Å². The molecule has 5 heteroatoms. The van der Waals surface area contributed by atoms with Gasteiger partial charge in [-0.3, -0.25) is 0 Å². The second-order valence-electron chi connectivity index (χ2n) is 6.30. The normalized spacial score (nSPS) is 12.4. The highest BCUT2D eigenvalue weighted by Crippen LogP contribution is 2.31. The molecule has 1 N–H and O–H groups in total. The number of benzene rings is 1. The van der Waals surface area contributed by atoms with Crippen molar-refractivity contribution in [3.63, 3.8) is 0 Å². The number of hydrogen-bond acceptors (Lipinski definition) is 4. The Morgan fingerprint density at radius 3 is 2.68 bits per heavy atom. The lowest BCUT2D eigenvalue weighted by Crippen LogP contribution is -2.15. The van der Waals surface area contributed by atoms with E-state index in [1.54, 1.807) is 11.3 Å². The first-order valence-electron chi connectivity index (χ1n) is 8.30. The van der Waals surface area contributed by atoms with Gasteiger partial charge in [0.1, 0.15) is 5.65 Å². The minimum Gasteiger partial charge on any atom is -0.349 e. The van der Waals surface area contributed by atoms with Crippen LogP contribution < -0.4 is 5.32 Å². The Hall–Kier alpha value is -2.66. The number of aryl methyl sites for hydroxylation is 3. The van der Waals surface area contributed by atoms with Gasteiger partial charge in [0.2, 0.25) is 0 Å². The second kappa shape index (κ2) is 6.33. The van der Waals surface area contributed by atoms with Gasteiger partial charge < -0.3 is 9.72 Å². The van der Waals surface area contributed by atoms with Gasteiger partial charge in [-0.2, -0.15) is 0 Å². The molecule has 1 unspecified atom stereocenters. The van der Waals surface area contributed by atoms with E-state index >= 15 is 0 Å². The summed E-state index contributed by atoms with van der Waals surface area (Å²) in [5.74, 6) is 0. The van der Waals surface area contributed by atoms with Crippen LogP contribution in [0.4, 0.5) is 5.13 Å². The number of pyridine rings is 1. The van der Waals surface area contributed by atoms with Crippen LogP contribution in [0.2, 0.25) is 0 Å². The average molecular weight is 348 g/mol. The van der Waals surface area contributed by atoms with Gasteiger partial charge >= 0.3 is 0 Å². The fourth-order valence-corrected chi connectivity index (χ4v) is 3.90. The number of nitrogens with zero attached hydrogens (tertiary/aromatic N) is 3. The molecule has 3 heterocycles. The highest BCUT2D eigenvalue weighted by molar-refractivity contribution is 7.13. The number of thiazole rings is 1. The van der Waals surface area contributed by atoms with Crippen molar-refractivity contribution in [1.82, 2.24) is 14.4 Å². The molecule has 25 heavy (non-hydrogen) atoms. The van der Waals surface area contributed by atoms with E-state index in [1.165, 1.54) is 11.1 Å². The predicted octanol–water partition coefficient (Wildman–Crippen LogP) is 4.92. The van der Waals surface area contributed by atoms with E-state index in [0.29, 0.717) is 0 Å². The zero-order chi connectivity index (χ0) is 17.4. The highest BCUT2D eigenvalue weighted by atomic mass is 32.1.